The normalized spacial score (nSPS) is 19.3. The predicted molar refractivity (Wildman–Crippen MR) is 127 cm³/mol. The number of carbonyl (C=O) groups excluding carboxylic acids is 2. The van der Waals surface area contributed by atoms with E-state index >= 15 is 0 Å². The third-order valence-electron chi connectivity index (χ3n) is 7.36. The number of hydrogen-bond acceptors (Lipinski definition) is 4. The number of ketones is 2. The topological polar surface area (TPSA) is 56.3 Å². The summed E-state index contributed by atoms with van der Waals surface area (Å²) in [6, 6.07) is 4.27. The predicted octanol–water partition coefficient (Wildman–Crippen LogP) is 7.24. The summed E-state index contributed by atoms with van der Waals surface area (Å²) in [7, 11) is 1.54. The average molecular weight is 488 g/mol. The zero-order chi connectivity index (χ0) is 25.5. The summed E-state index contributed by atoms with van der Waals surface area (Å²) in [5, 5.41) is 0. The van der Waals surface area contributed by atoms with Gasteiger partial charge in [-0.2, -0.15) is 13.2 Å². The van der Waals surface area contributed by atoms with Crippen molar-refractivity contribution in [2.45, 2.75) is 83.9 Å². The maximum absolute atomic E-state index is 13.9. The fourth-order valence-electron chi connectivity index (χ4n) is 5.55. The molecule has 1 saturated carbocycles. The number of nitrogens with zero attached hydrogens (tertiary/aromatic N) is 1. The molecule has 35 heavy (non-hydrogen) atoms. The quantitative estimate of drug-likeness (QED) is 0.417. The van der Waals surface area contributed by atoms with Gasteiger partial charge in [-0.3, -0.25) is 14.6 Å². The van der Waals surface area contributed by atoms with Crippen LogP contribution in [0.15, 0.2) is 24.3 Å². The summed E-state index contributed by atoms with van der Waals surface area (Å²) >= 11 is 0. The van der Waals surface area contributed by atoms with Crippen molar-refractivity contribution in [2.24, 2.45) is 5.41 Å². The van der Waals surface area contributed by atoms with Gasteiger partial charge in [-0.25, -0.2) is 0 Å². The number of pyridine rings is 1. The number of Topliss-reactive ketones (excluding diaryl/α,β-unsaturated/α-hetero) is 1. The van der Waals surface area contributed by atoms with Crippen LogP contribution in [0.25, 0.3) is 0 Å². The Morgan fingerprint density at radius 1 is 1.09 bits per heavy atom. The molecule has 0 aliphatic heterocycles. The molecule has 0 N–H and O–H groups in total. The van der Waals surface area contributed by atoms with Crippen molar-refractivity contribution in [3.8, 4) is 0 Å². The molecule has 4 nitrogen and oxygen atoms in total. The van der Waals surface area contributed by atoms with Gasteiger partial charge in [-0.15, -0.1) is 0 Å². The smallest absolute Gasteiger partial charge is 0.375 e. The molecule has 7 heteroatoms. The van der Waals surface area contributed by atoms with Crippen LogP contribution in [0.4, 0.5) is 13.2 Å². The third-order valence-corrected chi connectivity index (χ3v) is 7.36. The molecule has 2 aromatic rings. The monoisotopic (exact) mass is 487 g/mol. The molecule has 1 aromatic heterocycles. The summed E-state index contributed by atoms with van der Waals surface area (Å²) in [6.45, 7) is 5.88. The number of ether oxygens (including phenoxy) is 1. The zero-order valence-corrected chi connectivity index (χ0v) is 20.7. The van der Waals surface area contributed by atoms with Crippen molar-refractivity contribution in [3.05, 3.63) is 63.5 Å². The number of alkyl halides is 3. The van der Waals surface area contributed by atoms with E-state index in [9.17, 15) is 22.8 Å². The first kappa shape index (κ1) is 25.5. The van der Waals surface area contributed by atoms with Crippen molar-refractivity contribution in [1.29, 1.82) is 0 Å². The van der Waals surface area contributed by atoms with Gasteiger partial charge in [0.2, 0.25) is 0 Å². The van der Waals surface area contributed by atoms with Gasteiger partial charge in [-0.1, -0.05) is 45.2 Å². The molecule has 0 amide bonds. The van der Waals surface area contributed by atoms with Gasteiger partial charge in [0.15, 0.2) is 11.6 Å². The van der Waals surface area contributed by atoms with Crippen LogP contribution < -0.4 is 0 Å². The number of methoxy groups -OCH3 is 1. The minimum Gasteiger partial charge on any atom is -0.375 e. The van der Waals surface area contributed by atoms with Crippen LogP contribution in [0.2, 0.25) is 0 Å². The van der Waals surface area contributed by atoms with Crippen molar-refractivity contribution >= 4 is 11.6 Å². The van der Waals surface area contributed by atoms with E-state index in [1.54, 1.807) is 6.92 Å². The van der Waals surface area contributed by atoms with Gasteiger partial charge in [0.1, 0.15) is 0 Å². The Balaban J connectivity index is 1.96. The van der Waals surface area contributed by atoms with E-state index < -0.39 is 23.6 Å². The summed E-state index contributed by atoms with van der Waals surface area (Å²) in [4.78, 5) is 32.3. The second-order valence-electron chi connectivity index (χ2n) is 10.7. The van der Waals surface area contributed by atoms with Crippen molar-refractivity contribution in [1.82, 2.24) is 4.98 Å². The summed E-state index contributed by atoms with van der Waals surface area (Å²) < 4.78 is 44.9. The molecule has 0 radical (unpaired) electrons. The number of rotatable bonds is 5. The molecule has 0 saturated heterocycles. The lowest BCUT2D eigenvalue weighted by Gasteiger charge is -2.35. The second-order valence-corrected chi connectivity index (χ2v) is 10.7. The molecule has 1 heterocycles. The summed E-state index contributed by atoms with van der Waals surface area (Å²) in [6.07, 6.45) is 0.819. The first-order valence-corrected chi connectivity index (χ1v) is 12.3. The summed E-state index contributed by atoms with van der Waals surface area (Å²) in [5.74, 6) is -0.393. The first-order valence-electron chi connectivity index (χ1n) is 12.3. The second kappa shape index (κ2) is 9.49. The number of carbonyl (C=O) groups is 2. The zero-order valence-electron chi connectivity index (χ0n) is 20.7. The molecule has 4 rings (SSSR count). The molecule has 188 valence electrons. The van der Waals surface area contributed by atoms with E-state index in [-0.39, 0.29) is 22.7 Å². The Labute approximate surface area is 204 Å². The number of hydrogen-bond donors (Lipinski definition) is 0. The van der Waals surface area contributed by atoms with Crippen LogP contribution in [0, 0.1) is 5.41 Å². The standard InChI is InChI=1S/C28H32F3NO3/c1-16(35-4)25-24(26(34)18-10-12-19(13-11-18)28(29,30)31)22(17-8-6-5-7-9-17)23-20(32-25)14-27(2,3)15-21(23)33/h10-13,16-17H,5-9,14-15H2,1-4H3. The van der Waals surface area contributed by atoms with Crippen LogP contribution in [0.1, 0.15) is 120 Å². The molecular weight excluding hydrogens is 455 g/mol. The van der Waals surface area contributed by atoms with Gasteiger partial charge in [-0.05, 0) is 55.2 Å². The van der Waals surface area contributed by atoms with E-state index in [0.29, 0.717) is 35.4 Å². The highest BCUT2D eigenvalue weighted by Crippen LogP contribution is 2.44. The van der Waals surface area contributed by atoms with E-state index in [2.05, 4.69) is 0 Å². The Bertz CT molecular complexity index is 1130. The minimum absolute atomic E-state index is 0.0117. The van der Waals surface area contributed by atoms with Crippen molar-refractivity contribution in [3.63, 3.8) is 0 Å². The maximum Gasteiger partial charge on any atom is 0.416 e. The van der Waals surface area contributed by atoms with Crippen LogP contribution in [0.5, 0.6) is 0 Å². The van der Waals surface area contributed by atoms with E-state index in [1.165, 1.54) is 19.2 Å². The van der Waals surface area contributed by atoms with Gasteiger partial charge in [0, 0.05) is 24.7 Å². The van der Waals surface area contributed by atoms with Gasteiger partial charge in [0.25, 0.3) is 0 Å². The van der Waals surface area contributed by atoms with Gasteiger partial charge >= 0.3 is 6.18 Å². The lowest BCUT2D eigenvalue weighted by molar-refractivity contribution is -0.137. The van der Waals surface area contributed by atoms with Crippen molar-refractivity contribution < 1.29 is 27.5 Å². The largest absolute Gasteiger partial charge is 0.416 e. The number of fused-ring (bicyclic) bond motifs is 1. The van der Waals surface area contributed by atoms with Gasteiger partial charge in [0.05, 0.1) is 28.6 Å². The van der Waals surface area contributed by atoms with E-state index in [4.69, 9.17) is 9.72 Å². The average Bonchev–Trinajstić information content (AvgIpc) is 2.81. The molecule has 1 unspecified atom stereocenters. The molecule has 1 aromatic carbocycles. The lowest BCUT2D eigenvalue weighted by atomic mass is 9.70. The molecule has 0 bridgehead atoms. The van der Waals surface area contributed by atoms with Crippen LogP contribution in [-0.2, 0) is 17.3 Å². The minimum atomic E-state index is -4.49. The maximum atomic E-state index is 13.9. The molecular formula is C28H32F3NO3. The number of aromatic nitrogens is 1. The third kappa shape index (κ3) is 5.06. The fourth-order valence-corrected chi connectivity index (χ4v) is 5.55. The molecule has 2 aliphatic carbocycles. The fraction of sp³-hybridized carbons (Fsp3) is 0.536. The summed E-state index contributed by atoms with van der Waals surface area (Å²) in [5.41, 5.74) is 1.87. The lowest BCUT2D eigenvalue weighted by Crippen LogP contribution is -2.32. The Morgan fingerprint density at radius 3 is 2.29 bits per heavy atom. The highest BCUT2D eigenvalue weighted by atomic mass is 19.4. The van der Waals surface area contributed by atoms with Gasteiger partial charge < -0.3 is 4.74 Å². The Hall–Kier alpha value is -2.54. The Kier molecular flexibility index (Phi) is 6.93. The van der Waals surface area contributed by atoms with E-state index in [0.717, 1.165) is 49.8 Å². The van der Waals surface area contributed by atoms with Crippen molar-refractivity contribution in [2.75, 3.05) is 7.11 Å². The highest BCUT2D eigenvalue weighted by Gasteiger charge is 2.40. The number of halogens is 3. The van der Waals surface area contributed by atoms with Crippen LogP contribution in [-0.4, -0.2) is 23.7 Å². The first-order chi connectivity index (χ1) is 16.4. The highest BCUT2D eigenvalue weighted by molar-refractivity contribution is 6.13. The van der Waals surface area contributed by atoms with E-state index in [1.807, 2.05) is 13.8 Å². The Morgan fingerprint density at radius 2 is 1.71 bits per heavy atom. The molecule has 1 atom stereocenters. The van der Waals surface area contributed by atoms with Crippen LogP contribution in [0.3, 0.4) is 0 Å². The molecule has 0 spiro atoms. The SMILES string of the molecule is COC(C)c1nc2c(c(C3CCCCC3)c1C(=O)c1ccc(C(F)(F)F)cc1)C(=O)CC(C)(C)C2. The van der Waals surface area contributed by atoms with Crippen LogP contribution >= 0.6 is 0 Å². The molecule has 2 aliphatic rings. The molecule has 1 fully saturated rings. The number of benzene rings is 1.